The number of hydrogen-bond acceptors (Lipinski definition) is 4. The molecule has 27 heavy (non-hydrogen) atoms. The number of rotatable bonds is 8. The maximum atomic E-state index is 6.18. The number of benzene rings is 1. The van der Waals surface area contributed by atoms with Crippen LogP contribution in [0.3, 0.4) is 0 Å². The third-order valence-corrected chi connectivity index (χ3v) is 5.34. The van der Waals surface area contributed by atoms with E-state index in [0.717, 1.165) is 49.8 Å². The molecule has 2 aromatic rings. The predicted molar refractivity (Wildman–Crippen MR) is 112 cm³/mol. The molecule has 1 saturated heterocycles. The third kappa shape index (κ3) is 6.26. The number of hydrogen-bond donors (Lipinski definition) is 2. The molecule has 0 spiro atoms. The first-order chi connectivity index (χ1) is 13.2. The summed E-state index contributed by atoms with van der Waals surface area (Å²) < 4.78 is 11.6. The summed E-state index contributed by atoms with van der Waals surface area (Å²) in [6.45, 7) is 7.90. The summed E-state index contributed by atoms with van der Waals surface area (Å²) in [4.78, 5) is 6.13. The van der Waals surface area contributed by atoms with Crippen molar-refractivity contribution in [3.8, 4) is 5.75 Å². The van der Waals surface area contributed by atoms with Gasteiger partial charge in [0, 0.05) is 30.0 Å². The molecule has 5 nitrogen and oxygen atoms in total. The fourth-order valence-electron chi connectivity index (χ4n) is 2.95. The van der Waals surface area contributed by atoms with Gasteiger partial charge in [0.1, 0.15) is 11.9 Å². The zero-order valence-corrected chi connectivity index (χ0v) is 17.0. The van der Waals surface area contributed by atoms with Gasteiger partial charge in [-0.1, -0.05) is 18.2 Å². The van der Waals surface area contributed by atoms with E-state index in [9.17, 15) is 0 Å². The molecule has 2 N–H and O–H groups in total. The van der Waals surface area contributed by atoms with Gasteiger partial charge in [-0.25, -0.2) is 4.99 Å². The van der Waals surface area contributed by atoms with Gasteiger partial charge in [0.2, 0.25) is 0 Å². The van der Waals surface area contributed by atoms with Crippen LogP contribution in [0.5, 0.6) is 5.75 Å². The molecule has 1 aliphatic heterocycles. The van der Waals surface area contributed by atoms with Crippen molar-refractivity contribution in [2.45, 2.75) is 39.3 Å². The largest absolute Gasteiger partial charge is 0.488 e. The van der Waals surface area contributed by atoms with Gasteiger partial charge in [0.05, 0.1) is 19.8 Å². The number of thiophene rings is 1. The van der Waals surface area contributed by atoms with Crippen LogP contribution < -0.4 is 15.4 Å². The van der Waals surface area contributed by atoms with Gasteiger partial charge in [-0.2, -0.15) is 0 Å². The number of nitrogens with zero attached hydrogens (tertiary/aromatic N) is 1. The van der Waals surface area contributed by atoms with Crippen molar-refractivity contribution in [1.82, 2.24) is 10.6 Å². The number of ether oxygens (including phenoxy) is 2. The van der Waals surface area contributed by atoms with Gasteiger partial charge < -0.3 is 20.1 Å². The first kappa shape index (κ1) is 19.7. The molecule has 0 amide bonds. The van der Waals surface area contributed by atoms with E-state index < -0.39 is 0 Å². The number of aryl methyl sites for hydroxylation is 1. The predicted octanol–water partition coefficient (Wildman–Crippen LogP) is 3.52. The minimum absolute atomic E-state index is 0.145. The SMILES string of the molecule is CCNC(=NCc1ccc(C)cc1OC1CCOC1)NCCc1cccs1. The topological polar surface area (TPSA) is 54.9 Å². The summed E-state index contributed by atoms with van der Waals surface area (Å²) in [6, 6.07) is 10.6. The Morgan fingerprint density at radius 3 is 3.00 bits per heavy atom. The highest BCUT2D eigenvalue weighted by Gasteiger charge is 2.18. The fourth-order valence-corrected chi connectivity index (χ4v) is 3.66. The molecular weight excluding hydrogens is 358 g/mol. The Balaban J connectivity index is 1.61. The normalized spacial score (nSPS) is 17.1. The molecule has 1 aromatic heterocycles. The maximum absolute atomic E-state index is 6.18. The molecule has 0 radical (unpaired) electrons. The quantitative estimate of drug-likeness (QED) is 0.537. The summed E-state index contributed by atoms with van der Waals surface area (Å²) >= 11 is 1.79. The van der Waals surface area contributed by atoms with Gasteiger partial charge in [-0.05, 0) is 43.3 Å². The summed E-state index contributed by atoms with van der Waals surface area (Å²) in [7, 11) is 0. The lowest BCUT2D eigenvalue weighted by atomic mass is 10.1. The molecule has 3 rings (SSSR count). The molecule has 2 heterocycles. The van der Waals surface area contributed by atoms with Crippen LogP contribution in [-0.4, -0.2) is 38.4 Å². The first-order valence-corrected chi connectivity index (χ1v) is 10.5. The third-order valence-electron chi connectivity index (χ3n) is 4.40. The van der Waals surface area contributed by atoms with Crippen molar-refractivity contribution in [3.05, 3.63) is 51.7 Å². The maximum Gasteiger partial charge on any atom is 0.191 e. The number of aliphatic imine (C=N–C) groups is 1. The minimum Gasteiger partial charge on any atom is -0.488 e. The fraction of sp³-hybridized carbons (Fsp3) is 0.476. The monoisotopic (exact) mass is 387 g/mol. The Bertz CT molecular complexity index is 725. The molecule has 6 heteroatoms. The Morgan fingerprint density at radius 2 is 2.26 bits per heavy atom. The Hall–Kier alpha value is -2.05. The van der Waals surface area contributed by atoms with Crippen LogP contribution in [0.15, 0.2) is 40.7 Å². The summed E-state index contributed by atoms with van der Waals surface area (Å²) in [5, 5.41) is 8.85. The van der Waals surface area contributed by atoms with E-state index in [1.807, 2.05) is 0 Å². The molecule has 1 atom stereocenters. The summed E-state index contributed by atoms with van der Waals surface area (Å²) in [6.07, 6.45) is 2.10. The molecular formula is C21H29N3O2S. The van der Waals surface area contributed by atoms with Gasteiger partial charge in [0.15, 0.2) is 5.96 Å². The Kier molecular flexibility index (Phi) is 7.54. The Labute approximate surface area is 165 Å². The lowest BCUT2D eigenvalue weighted by Gasteiger charge is -2.16. The zero-order valence-electron chi connectivity index (χ0n) is 16.2. The van der Waals surface area contributed by atoms with Crippen molar-refractivity contribution in [2.24, 2.45) is 4.99 Å². The van der Waals surface area contributed by atoms with Crippen LogP contribution in [0.2, 0.25) is 0 Å². The van der Waals surface area contributed by atoms with Crippen LogP contribution >= 0.6 is 11.3 Å². The molecule has 1 aromatic carbocycles. The average Bonchev–Trinajstić information content (AvgIpc) is 3.35. The van der Waals surface area contributed by atoms with E-state index in [1.165, 1.54) is 10.4 Å². The molecule has 0 aliphatic carbocycles. The van der Waals surface area contributed by atoms with E-state index in [1.54, 1.807) is 11.3 Å². The highest BCUT2D eigenvalue weighted by Crippen LogP contribution is 2.24. The second-order valence-corrected chi connectivity index (χ2v) is 7.70. The number of guanidine groups is 1. The van der Waals surface area contributed by atoms with E-state index >= 15 is 0 Å². The second-order valence-electron chi connectivity index (χ2n) is 6.67. The summed E-state index contributed by atoms with van der Waals surface area (Å²) in [5.74, 6) is 1.76. The van der Waals surface area contributed by atoms with E-state index in [4.69, 9.17) is 14.5 Å². The van der Waals surface area contributed by atoms with Gasteiger partial charge >= 0.3 is 0 Å². The molecule has 0 saturated carbocycles. The Morgan fingerprint density at radius 1 is 1.33 bits per heavy atom. The van der Waals surface area contributed by atoms with Crippen molar-refractivity contribution in [1.29, 1.82) is 0 Å². The van der Waals surface area contributed by atoms with Crippen LogP contribution in [0.25, 0.3) is 0 Å². The average molecular weight is 388 g/mol. The van der Waals surface area contributed by atoms with Gasteiger partial charge in [-0.3, -0.25) is 0 Å². The molecule has 1 unspecified atom stereocenters. The lowest BCUT2D eigenvalue weighted by molar-refractivity contribution is 0.140. The first-order valence-electron chi connectivity index (χ1n) is 9.63. The molecule has 0 bridgehead atoms. The van der Waals surface area contributed by atoms with Crippen LogP contribution in [0, 0.1) is 6.92 Å². The lowest BCUT2D eigenvalue weighted by Crippen LogP contribution is -2.38. The van der Waals surface area contributed by atoms with Crippen molar-refractivity contribution >= 4 is 17.3 Å². The molecule has 1 aliphatic rings. The van der Waals surface area contributed by atoms with Crippen LogP contribution in [-0.2, 0) is 17.7 Å². The highest BCUT2D eigenvalue weighted by molar-refractivity contribution is 7.09. The van der Waals surface area contributed by atoms with Crippen LogP contribution in [0.1, 0.15) is 29.3 Å². The van der Waals surface area contributed by atoms with Crippen molar-refractivity contribution in [2.75, 3.05) is 26.3 Å². The van der Waals surface area contributed by atoms with E-state index in [-0.39, 0.29) is 6.10 Å². The standard InChI is InChI=1S/C21H29N3O2S/c1-3-22-21(23-10-8-19-5-4-12-27-19)24-14-17-7-6-16(2)13-20(17)26-18-9-11-25-15-18/h4-7,12-13,18H,3,8-11,14-15H2,1-2H3,(H2,22,23,24). The molecule has 1 fully saturated rings. The minimum atomic E-state index is 0.145. The van der Waals surface area contributed by atoms with Gasteiger partial charge in [0.25, 0.3) is 0 Å². The van der Waals surface area contributed by atoms with Crippen molar-refractivity contribution < 1.29 is 9.47 Å². The highest BCUT2D eigenvalue weighted by atomic mass is 32.1. The van der Waals surface area contributed by atoms with E-state index in [2.05, 4.69) is 60.2 Å². The zero-order chi connectivity index (χ0) is 18.9. The smallest absolute Gasteiger partial charge is 0.191 e. The van der Waals surface area contributed by atoms with Crippen molar-refractivity contribution in [3.63, 3.8) is 0 Å². The van der Waals surface area contributed by atoms with E-state index in [0.29, 0.717) is 13.2 Å². The van der Waals surface area contributed by atoms with Crippen LogP contribution in [0.4, 0.5) is 0 Å². The molecule has 146 valence electrons. The number of nitrogens with one attached hydrogen (secondary N) is 2. The second kappa shape index (κ2) is 10.3. The van der Waals surface area contributed by atoms with Gasteiger partial charge in [-0.15, -0.1) is 11.3 Å². The summed E-state index contributed by atoms with van der Waals surface area (Å²) in [5.41, 5.74) is 2.29.